The van der Waals surface area contributed by atoms with Crippen LogP contribution in [0.5, 0.6) is 0 Å². The third kappa shape index (κ3) is 3.52. The van der Waals surface area contributed by atoms with Crippen molar-refractivity contribution in [1.82, 2.24) is 9.97 Å². The summed E-state index contributed by atoms with van der Waals surface area (Å²) in [7, 11) is 0. The van der Waals surface area contributed by atoms with Gasteiger partial charge in [0.25, 0.3) is 0 Å². The van der Waals surface area contributed by atoms with Crippen LogP contribution in [0.3, 0.4) is 0 Å². The van der Waals surface area contributed by atoms with Gasteiger partial charge in [0.05, 0.1) is 0 Å². The molecule has 1 rings (SSSR count). The van der Waals surface area contributed by atoms with Gasteiger partial charge in [-0.1, -0.05) is 6.07 Å². The fourth-order valence-corrected chi connectivity index (χ4v) is 0.462. The van der Waals surface area contributed by atoms with Gasteiger partial charge in [0.1, 0.15) is 5.56 Å². The molecule has 0 spiro atoms. The average Bonchev–Trinajstić information content (AvgIpc) is 1.88. The second-order valence-corrected chi connectivity index (χ2v) is 1.58. The standard InChI is InChI=1S/C5H3F2N2O.K/c6-5(7)3-1-4(10)9-2-8-3;/h1,5H,(H,8,9,10);/q-1;+1. The van der Waals surface area contributed by atoms with E-state index in [1.165, 1.54) is 0 Å². The van der Waals surface area contributed by atoms with Crippen molar-refractivity contribution >= 4 is 0 Å². The fraction of sp³-hybridized carbons (Fsp3) is 0.200. The van der Waals surface area contributed by atoms with Gasteiger partial charge < -0.3 is 14.8 Å². The SMILES string of the molecule is O=c1cc(C(F)F)n[c-][nH]1.[K+]. The zero-order valence-electron chi connectivity index (χ0n) is 5.77. The molecule has 0 aliphatic heterocycles. The Labute approximate surface area is 104 Å². The van der Waals surface area contributed by atoms with Crippen LogP contribution < -0.4 is 56.9 Å². The van der Waals surface area contributed by atoms with E-state index >= 15 is 0 Å². The first kappa shape index (κ1) is 11.4. The zero-order chi connectivity index (χ0) is 7.56. The molecule has 0 aromatic carbocycles. The van der Waals surface area contributed by atoms with Crippen LogP contribution in [0.4, 0.5) is 8.78 Å². The molecule has 0 radical (unpaired) electrons. The van der Waals surface area contributed by atoms with Crippen molar-refractivity contribution in [2.24, 2.45) is 0 Å². The molecule has 54 valence electrons. The molecule has 0 bridgehead atoms. The number of alkyl halides is 2. The van der Waals surface area contributed by atoms with Gasteiger partial charge in [-0.2, -0.15) is 0 Å². The monoisotopic (exact) mass is 184 g/mol. The van der Waals surface area contributed by atoms with Gasteiger partial charge in [0, 0.05) is 12.0 Å². The summed E-state index contributed by atoms with van der Waals surface area (Å²) in [5, 5.41) is 0. The number of halogens is 2. The van der Waals surface area contributed by atoms with Gasteiger partial charge in [-0.15, -0.1) is 0 Å². The Balaban J connectivity index is 0.000001000. The second-order valence-electron chi connectivity index (χ2n) is 1.58. The molecule has 11 heavy (non-hydrogen) atoms. The average molecular weight is 184 g/mol. The Hall–Kier alpha value is 0.376. The van der Waals surface area contributed by atoms with E-state index in [0.717, 1.165) is 6.07 Å². The number of H-pyrrole nitrogens is 1. The maximum absolute atomic E-state index is 11.7. The van der Waals surface area contributed by atoms with Gasteiger partial charge in [0.2, 0.25) is 6.43 Å². The van der Waals surface area contributed by atoms with E-state index in [1.54, 1.807) is 0 Å². The topological polar surface area (TPSA) is 45.8 Å². The first-order valence-corrected chi connectivity index (χ1v) is 2.45. The van der Waals surface area contributed by atoms with Crippen LogP contribution in [0.15, 0.2) is 10.9 Å². The van der Waals surface area contributed by atoms with Gasteiger partial charge in [-0.3, -0.25) is 0 Å². The molecule has 0 aliphatic carbocycles. The van der Waals surface area contributed by atoms with Gasteiger partial charge >= 0.3 is 51.4 Å². The molecule has 6 heteroatoms. The number of aromatic amines is 1. The molecule has 0 saturated heterocycles. The number of aromatic nitrogens is 2. The minimum atomic E-state index is -2.71. The Bertz CT molecular complexity index is 275. The summed E-state index contributed by atoms with van der Waals surface area (Å²) in [5.74, 6) is 0. The van der Waals surface area contributed by atoms with E-state index in [4.69, 9.17) is 0 Å². The van der Waals surface area contributed by atoms with Crippen molar-refractivity contribution in [3.8, 4) is 0 Å². The third-order valence-electron chi connectivity index (χ3n) is 0.867. The van der Waals surface area contributed by atoms with E-state index in [2.05, 4.69) is 4.98 Å². The van der Waals surface area contributed by atoms with Crippen LogP contribution >= 0.6 is 0 Å². The largest absolute Gasteiger partial charge is 1.00 e. The summed E-state index contributed by atoms with van der Waals surface area (Å²) in [6.45, 7) is 0. The van der Waals surface area contributed by atoms with Crippen molar-refractivity contribution < 1.29 is 60.2 Å². The molecule has 1 N–H and O–H groups in total. The quantitative estimate of drug-likeness (QED) is 0.388. The summed E-state index contributed by atoms with van der Waals surface area (Å²) < 4.78 is 23.4. The third-order valence-corrected chi connectivity index (χ3v) is 0.867. The molecule has 3 nitrogen and oxygen atoms in total. The molecule has 1 heterocycles. The van der Waals surface area contributed by atoms with Crippen molar-refractivity contribution in [3.05, 3.63) is 28.4 Å². The summed E-state index contributed by atoms with van der Waals surface area (Å²) in [4.78, 5) is 15.4. The molecule has 0 unspecified atom stereocenters. The first-order valence-electron chi connectivity index (χ1n) is 2.45. The second kappa shape index (κ2) is 5.10. The predicted molar refractivity (Wildman–Crippen MR) is 28.7 cm³/mol. The Morgan fingerprint density at radius 1 is 1.64 bits per heavy atom. The van der Waals surface area contributed by atoms with Crippen LogP contribution in [0.1, 0.15) is 12.1 Å². The van der Waals surface area contributed by atoms with Crippen LogP contribution in [0.2, 0.25) is 0 Å². The number of nitrogens with zero attached hydrogens (tertiary/aromatic N) is 1. The van der Waals surface area contributed by atoms with Crippen LogP contribution in [-0.2, 0) is 0 Å². The van der Waals surface area contributed by atoms with E-state index in [1.807, 2.05) is 11.3 Å². The number of hydrogen-bond donors (Lipinski definition) is 1. The molecule has 1 aromatic heterocycles. The van der Waals surface area contributed by atoms with Crippen LogP contribution in [0, 0.1) is 6.33 Å². The van der Waals surface area contributed by atoms with E-state index in [9.17, 15) is 13.6 Å². The Kier molecular flexibility index (Phi) is 5.27. The molecule has 0 fully saturated rings. The number of hydrogen-bond acceptors (Lipinski definition) is 2. The summed E-state index contributed by atoms with van der Waals surface area (Å²) in [5.41, 5.74) is -1.17. The molecule has 0 atom stereocenters. The molecule has 0 aliphatic rings. The molecule has 1 aromatic rings. The molecule has 0 saturated carbocycles. The summed E-state index contributed by atoms with van der Waals surface area (Å²) >= 11 is 0. The van der Waals surface area contributed by atoms with E-state index in [0.29, 0.717) is 0 Å². The van der Waals surface area contributed by atoms with E-state index < -0.39 is 17.7 Å². The Morgan fingerprint density at radius 2 is 2.27 bits per heavy atom. The summed E-state index contributed by atoms with van der Waals surface area (Å²) in [6, 6.07) is 0.737. The molecular formula is C5H3F2KN2O. The summed E-state index contributed by atoms with van der Waals surface area (Å²) in [6.07, 6.45) is -0.767. The molecular weight excluding hydrogens is 181 g/mol. The van der Waals surface area contributed by atoms with E-state index in [-0.39, 0.29) is 51.4 Å². The van der Waals surface area contributed by atoms with Crippen molar-refractivity contribution in [1.29, 1.82) is 0 Å². The predicted octanol–water partition coefficient (Wildman–Crippen LogP) is -2.49. The van der Waals surface area contributed by atoms with Gasteiger partial charge in [-0.05, 0) is 0 Å². The number of rotatable bonds is 1. The van der Waals surface area contributed by atoms with Crippen LogP contribution in [0.25, 0.3) is 0 Å². The van der Waals surface area contributed by atoms with Gasteiger partial charge in [-0.25, -0.2) is 8.78 Å². The van der Waals surface area contributed by atoms with Gasteiger partial charge in [0.15, 0.2) is 0 Å². The Morgan fingerprint density at radius 3 is 2.64 bits per heavy atom. The smallest absolute Gasteiger partial charge is 0.421 e. The first-order chi connectivity index (χ1) is 4.70. The van der Waals surface area contributed by atoms with Crippen molar-refractivity contribution in [2.45, 2.75) is 6.43 Å². The van der Waals surface area contributed by atoms with Crippen LogP contribution in [-0.4, -0.2) is 9.97 Å². The maximum atomic E-state index is 11.7. The van der Waals surface area contributed by atoms with Crippen molar-refractivity contribution in [2.75, 3.05) is 0 Å². The normalized spacial score (nSPS) is 9.36. The minimum Gasteiger partial charge on any atom is -0.421 e. The fourth-order valence-electron chi connectivity index (χ4n) is 0.462. The maximum Gasteiger partial charge on any atom is 1.00 e. The minimum absolute atomic E-state index is 0. The van der Waals surface area contributed by atoms with Crippen molar-refractivity contribution in [3.63, 3.8) is 0 Å². The molecule has 0 amide bonds. The zero-order valence-corrected chi connectivity index (χ0v) is 8.89. The number of nitrogens with one attached hydrogen (secondary N) is 1.